The summed E-state index contributed by atoms with van der Waals surface area (Å²) in [5, 5.41) is 16.6. The van der Waals surface area contributed by atoms with Gasteiger partial charge in [0.1, 0.15) is 12.4 Å². The van der Waals surface area contributed by atoms with E-state index in [9.17, 15) is 0 Å². The molecular weight excluding hydrogens is 514 g/mol. The lowest BCUT2D eigenvalue weighted by atomic mass is 10.1. The summed E-state index contributed by atoms with van der Waals surface area (Å²) >= 11 is 0. The number of nitrogens with zero attached hydrogens (tertiary/aromatic N) is 6. The van der Waals surface area contributed by atoms with Crippen LogP contribution in [0.2, 0.25) is 0 Å². The van der Waals surface area contributed by atoms with Crippen LogP contribution in [0.3, 0.4) is 0 Å². The molecule has 9 heteroatoms. The van der Waals surface area contributed by atoms with Crippen molar-refractivity contribution in [2.24, 2.45) is 0 Å². The highest BCUT2D eigenvalue weighted by Gasteiger charge is 2.14. The van der Waals surface area contributed by atoms with Gasteiger partial charge in [-0.25, -0.2) is 4.52 Å². The van der Waals surface area contributed by atoms with Gasteiger partial charge in [0, 0.05) is 28.9 Å². The zero-order chi connectivity index (χ0) is 27.4. The Hall–Kier alpha value is -5.02. The summed E-state index contributed by atoms with van der Waals surface area (Å²) in [5.41, 5.74) is 5.20. The van der Waals surface area contributed by atoms with Crippen LogP contribution in [0.15, 0.2) is 101 Å². The van der Waals surface area contributed by atoms with Crippen molar-refractivity contribution in [3.8, 4) is 39.9 Å². The Kier molecular flexibility index (Phi) is 6.84. The molecule has 0 atom stereocenters. The largest absolute Gasteiger partial charge is 0.492 e. The van der Waals surface area contributed by atoms with E-state index in [-0.39, 0.29) is 0 Å². The molecule has 1 N–H and O–H groups in total. The van der Waals surface area contributed by atoms with Crippen LogP contribution in [0.5, 0.6) is 5.75 Å². The zero-order valence-electron chi connectivity index (χ0n) is 22.5. The van der Waals surface area contributed by atoms with Gasteiger partial charge in [-0.3, -0.25) is 4.90 Å². The van der Waals surface area contributed by atoms with E-state index in [4.69, 9.17) is 19.2 Å². The van der Waals surface area contributed by atoms with Gasteiger partial charge in [0.15, 0.2) is 5.65 Å². The van der Waals surface area contributed by atoms with Gasteiger partial charge in [-0.2, -0.15) is 4.98 Å². The predicted octanol–water partition coefficient (Wildman–Crippen LogP) is 6.33. The van der Waals surface area contributed by atoms with Gasteiger partial charge >= 0.3 is 0 Å². The molecule has 4 heterocycles. The van der Waals surface area contributed by atoms with Gasteiger partial charge < -0.3 is 14.5 Å². The summed E-state index contributed by atoms with van der Waals surface area (Å²) in [6, 6.07) is 31.6. The highest BCUT2D eigenvalue weighted by Crippen LogP contribution is 2.29. The summed E-state index contributed by atoms with van der Waals surface area (Å²) in [6.45, 7) is 4.03. The number of hydrogen-bond acceptors (Lipinski definition) is 8. The minimum atomic E-state index is 0.460. The standard InChI is InChI=1S/C32H29N7O2/c1-2-8-23(9-3-1)30-35-36-31(41-30)25-11-6-10-24(22-25)28-12-7-13-29-34-32(37-39(28)29)33-26-14-16-27(17-15-26)40-21-20-38-18-4-5-19-38/h1-3,6-17,22H,4-5,18-21H2,(H,33,37). The second-order valence-electron chi connectivity index (χ2n) is 10.0. The Bertz CT molecular complexity index is 1760. The minimum absolute atomic E-state index is 0.460. The number of fused-ring (bicyclic) bond motifs is 1. The van der Waals surface area contributed by atoms with E-state index in [0.717, 1.165) is 46.0 Å². The first-order valence-electron chi connectivity index (χ1n) is 13.9. The lowest BCUT2D eigenvalue weighted by Gasteiger charge is -2.15. The quantitative estimate of drug-likeness (QED) is 0.226. The first-order chi connectivity index (χ1) is 20.3. The second kappa shape index (κ2) is 11.2. The Morgan fingerprint density at radius 2 is 1.49 bits per heavy atom. The van der Waals surface area contributed by atoms with Crippen LogP contribution < -0.4 is 10.1 Å². The molecule has 1 aliphatic rings. The van der Waals surface area contributed by atoms with Gasteiger partial charge in [-0.05, 0) is 86.6 Å². The van der Waals surface area contributed by atoms with Gasteiger partial charge in [-0.15, -0.1) is 15.3 Å². The second-order valence-corrected chi connectivity index (χ2v) is 10.0. The molecule has 7 rings (SSSR count). The predicted molar refractivity (Wildman–Crippen MR) is 158 cm³/mol. The van der Waals surface area contributed by atoms with Crippen LogP contribution in [0.25, 0.3) is 39.8 Å². The molecule has 0 radical (unpaired) electrons. The highest BCUT2D eigenvalue weighted by atomic mass is 16.5. The summed E-state index contributed by atoms with van der Waals surface area (Å²) < 4.78 is 13.7. The van der Waals surface area contributed by atoms with Crippen molar-refractivity contribution in [2.75, 3.05) is 31.6 Å². The lowest BCUT2D eigenvalue weighted by molar-refractivity contribution is 0.238. The van der Waals surface area contributed by atoms with E-state index in [1.54, 1.807) is 0 Å². The maximum atomic E-state index is 5.98. The number of hydrogen-bond donors (Lipinski definition) is 1. The fourth-order valence-corrected chi connectivity index (χ4v) is 5.09. The van der Waals surface area contributed by atoms with Crippen molar-refractivity contribution in [2.45, 2.75) is 12.8 Å². The molecule has 0 spiro atoms. The van der Waals surface area contributed by atoms with Crippen LogP contribution in [0.1, 0.15) is 12.8 Å². The Morgan fingerprint density at radius 1 is 0.756 bits per heavy atom. The number of aromatic nitrogens is 5. The molecule has 0 amide bonds. The molecule has 3 aromatic heterocycles. The average molecular weight is 544 g/mol. The molecule has 41 heavy (non-hydrogen) atoms. The topological polar surface area (TPSA) is 93.6 Å². The normalized spacial score (nSPS) is 13.6. The maximum absolute atomic E-state index is 5.98. The third-order valence-electron chi connectivity index (χ3n) is 7.20. The van der Waals surface area contributed by atoms with E-state index in [1.807, 2.05) is 102 Å². The van der Waals surface area contributed by atoms with E-state index in [2.05, 4.69) is 20.4 Å². The third-order valence-corrected chi connectivity index (χ3v) is 7.20. The Morgan fingerprint density at radius 3 is 2.32 bits per heavy atom. The molecule has 1 fully saturated rings. The van der Waals surface area contributed by atoms with E-state index < -0.39 is 0 Å². The van der Waals surface area contributed by atoms with Gasteiger partial charge in [0.05, 0.1) is 5.69 Å². The molecule has 0 aliphatic carbocycles. The molecule has 0 saturated carbocycles. The molecule has 204 valence electrons. The van der Waals surface area contributed by atoms with Crippen molar-refractivity contribution in [1.29, 1.82) is 0 Å². The zero-order valence-corrected chi connectivity index (χ0v) is 22.5. The average Bonchev–Trinajstić information content (AvgIpc) is 3.80. The van der Waals surface area contributed by atoms with Crippen LogP contribution >= 0.6 is 0 Å². The lowest BCUT2D eigenvalue weighted by Crippen LogP contribution is -2.25. The van der Waals surface area contributed by atoms with Crippen molar-refractivity contribution in [3.63, 3.8) is 0 Å². The number of anilines is 2. The molecule has 1 saturated heterocycles. The Labute approximate surface area is 237 Å². The third kappa shape index (κ3) is 5.53. The van der Waals surface area contributed by atoms with E-state index in [1.165, 1.54) is 25.9 Å². The minimum Gasteiger partial charge on any atom is -0.492 e. The van der Waals surface area contributed by atoms with Crippen LogP contribution in [0.4, 0.5) is 11.6 Å². The van der Waals surface area contributed by atoms with Crippen molar-refractivity contribution >= 4 is 17.3 Å². The summed E-state index contributed by atoms with van der Waals surface area (Å²) in [6.07, 6.45) is 2.59. The summed E-state index contributed by atoms with van der Waals surface area (Å²) in [7, 11) is 0. The fraction of sp³-hybridized carbons (Fsp3) is 0.188. The number of benzene rings is 3. The molecule has 1 aliphatic heterocycles. The molecule has 0 bridgehead atoms. The maximum Gasteiger partial charge on any atom is 0.248 e. The van der Waals surface area contributed by atoms with Crippen molar-refractivity contribution in [1.82, 2.24) is 29.7 Å². The summed E-state index contributed by atoms with van der Waals surface area (Å²) in [4.78, 5) is 7.14. The molecule has 6 aromatic rings. The van der Waals surface area contributed by atoms with Crippen LogP contribution in [-0.2, 0) is 0 Å². The number of rotatable bonds is 9. The van der Waals surface area contributed by atoms with Crippen molar-refractivity contribution < 1.29 is 9.15 Å². The number of ether oxygens (including phenoxy) is 1. The SMILES string of the molecule is c1ccc(-c2nnc(-c3cccc(-c4cccc5nc(Nc6ccc(OCCN7CCCC7)cc6)nn45)c3)o2)cc1. The molecule has 3 aromatic carbocycles. The molecule has 9 nitrogen and oxygen atoms in total. The van der Waals surface area contributed by atoms with Crippen LogP contribution in [-0.4, -0.2) is 55.9 Å². The number of pyridine rings is 1. The highest BCUT2D eigenvalue weighted by molar-refractivity contribution is 5.70. The van der Waals surface area contributed by atoms with Crippen LogP contribution in [0, 0.1) is 0 Å². The van der Waals surface area contributed by atoms with Gasteiger partial charge in [-0.1, -0.05) is 36.4 Å². The molecular formula is C32H29N7O2. The first-order valence-corrected chi connectivity index (χ1v) is 13.9. The van der Waals surface area contributed by atoms with Crippen molar-refractivity contribution in [3.05, 3.63) is 97.1 Å². The fourth-order valence-electron chi connectivity index (χ4n) is 5.09. The summed E-state index contributed by atoms with van der Waals surface area (Å²) in [5.74, 6) is 2.32. The number of nitrogens with one attached hydrogen (secondary N) is 1. The van der Waals surface area contributed by atoms with Gasteiger partial charge in [0.25, 0.3) is 0 Å². The first kappa shape index (κ1) is 25.0. The number of likely N-dealkylation sites (tertiary alicyclic amines) is 1. The van der Waals surface area contributed by atoms with E-state index in [0.29, 0.717) is 24.3 Å². The smallest absolute Gasteiger partial charge is 0.248 e. The molecule has 0 unspecified atom stereocenters. The van der Waals surface area contributed by atoms with Gasteiger partial charge in [0.2, 0.25) is 17.7 Å². The Balaban J connectivity index is 1.07. The monoisotopic (exact) mass is 543 g/mol. The van der Waals surface area contributed by atoms with E-state index >= 15 is 0 Å².